The Labute approximate surface area is 184 Å². The van der Waals surface area contributed by atoms with Gasteiger partial charge in [-0.1, -0.05) is 70.2 Å². The Bertz CT molecular complexity index is 874. The van der Waals surface area contributed by atoms with Gasteiger partial charge in [-0.05, 0) is 42.0 Å². The molecule has 1 heterocycles. The van der Waals surface area contributed by atoms with Crippen molar-refractivity contribution in [2.75, 3.05) is 5.75 Å². The third-order valence-electron chi connectivity index (χ3n) is 5.62. The predicted octanol–water partition coefficient (Wildman–Crippen LogP) is 5.16. The highest BCUT2D eigenvalue weighted by molar-refractivity contribution is 7.99. The van der Waals surface area contributed by atoms with Crippen LogP contribution in [0.2, 0.25) is 0 Å². The lowest BCUT2D eigenvalue weighted by atomic mass is 9.86. The van der Waals surface area contributed by atoms with Gasteiger partial charge in [0.2, 0.25) is 5.91 Å². The van der Waals surface area contributed by atoms with Gasteiger partial charge in [0.1, 0.15) is 11.4 Å². The van der Waals surface area contributed by atoms with Crippen molar-refractivity contribution in [1.29, 1.82) is 0 Å². The second kappa shape index (κ2) is 9.25. The average Bonchev–Trinajstić information content (AvgIpc) is 3.18. The van der Waals surface area contributed by atoms with E-state index in [-0.39, 0.29) is 28.6 Å². The van der Waals surface area contributed by atoms with E-state index in [9.17, 15) is 9.59 Å². The topological polar surface area (TPSA) is 49.4 Å². The van der Waals surface area contributed by atoms with Crippen molar-refractivity contribution in [3.63, 3.8) is 0 Å². The molecule has 3 rings (SSSR count). The van der Waals surface area contributed by atoms with E-state index in [4.69, 9.17) is 0 Å². The zero-order chi connectivity index (χ0) is 21.9. The Hall–Kier alpha value is -2.27. The van der Waals surface area contributed by atoms with E-state index in [0.717, 1.165) is 12.0 Å². The van der Waals surface area contributed by atoms with E-state index in [1.807, 2.05) is 68.4 Å². The molecule has 1 aliphatic heterocycles. The standard InChI is InChI=1S/C25H32N2O2S/c1-6-17(2)26-22(28)21-16-30-24(19-10-8-7-9-11-19)27(21)23(29)18-12-14-20(15-13-18)25(3,4)5/h7-15,17,21,24H,6,16H2,1-5H3,(H,26,28). The summed E-state index contributed by atoms with van der Waals surface area (Å²) < 4.78 is 0. The fraction of sp³-hybridized carbons (Fsp3) is 0.440. The number of nitrogens with one attached hydrogen (secondary N) is 1. The van der Waals surface area contributed by atoms with E-state index in [1.165, 1.54) is 5.56 Å². The van der Waals surface area contributed by atoms with Crippen LogP contribution in [0, 0.1) is 0 Å². The third kappa shape index (κ3) is 4.89. The number of carbonyl (C=O) groups excluding carboxylic acids is 2. The third-order valence-corrected chi connectivity index (χ3v) is 6.94. The normalized spacial score (nSPS) is 20.1. The lowest BCUT2D eigenvalue weighted by molar-refractivity contribution is -0.125. The number of hydrogen-bond donors (Lipinski definition) is 1. The molecule has 0 aliphatic carbocycles. The fourth-order valence-electron chi connectivity index (χ4n) is 3.53. The average molecular weight is 425 g/mol. The molecule has 3 atom stereocenters. The Morgan fingerprint density at radius 3 is 2.30 bits per heavy atom. The maximum Gasteiger partial charge on any atom is 0.255 e. The maximum absolute atomic E-state index is 13.6. The van der Waals surface area contributed by atoms with Crippen LogP contribution in [0.15, 0.2) is 54.6 Å². The summed E-state index contributed by atoms with van der Waals surface area (Å²) in [6.45, 7) is 10.5. The molecule has 2 aromatic rings. The molecule has 1 N–H and O–H groups in total. The molecule has 2 aromatic carbocycles. The first kappa shape index (κ1) is 22.4. The first-order valence-electron chi connectivity index (χ1n) is 10.6. The summed E-state index contributed by atoms with van der Waals surface area (Å²) in [7, 11) is 0. The van der Waals surface area contributed by atoms with Gasteiger partial charge in [-0.25, -0.2) is 0 Å². The molecule has 0 radical (unpaired) electrons. The Morgan fingerprint density at radius 2 is 1.73 bits per heavy atom. The number of nitrogens with zero attached hydrogens (tertiary/aromatic N) is 1. The van der Waals surface area contributed by atoms with Crippen LogP contribution in [0.3, 0.4) is 0 Å². The van der Waals surface area contributed by atoms with Gasteiger partial charge in [0, 0.05) is 17.4 Å². The van der Waals surface area contributed by atoms with Gasteiger partial charge in [-0.15, -0.1) is 11.8 Å². The van der Waals surface area contributed by atoms with E-state index in [1.54, 1.807) is 16.7 Å². The zero-order valence-corrected chi connectivity index (χ0v) is 19.3. The van der Waals surface area contributed by atoms with Crippen molar-refractivity contribution < 1.29 is 9.59 Å². The molecule has 2 amide bonds. The quantitative estimate of drug-likeness (QED) is 0.722. The van der Waals surface area contributed by atoms with Gasteiger partial charge in [0.25, 0.3) is 5.91 Å². The van der Waals surface area contributed by atoms with Crippen molar-refractivity contribution in [2.24, 2.45) is 0 Å². The molecule has 0 bridgehead atoms. The highest BCUT2D eigenvalue weighted by Gasteiger charge is 2.42. The smallest absolute Gasteiger partial charge is 0.255 e. The van der Waals surface area contributed by atoms with Gasteiger partial charge in [0.05, 0.1) is 0 Å². The Morgan fingerprint density at radius 1 is 1.10 bits per heavy atom. The molecule has 0 spiro atoms. The number of hydrogen-bond acceptors (Lipinski definition) is 3. The monoisotopic (exact) mass is 424 g/mol. The Kier molecular flexibility index (Phi) is 6.91. The predicted molar refractivity (Wildman–Crippen MR) is 125 cm³/mol. The van der Waals surface area contributed by atoms with E-state index in [0.29, 0.717) is 11.3 Å². The molecule has 160 valence electrons. The largest absolute Gasteiger partial charge is 0.352 e. The highest BCUT2D eigenvalue weighted by atomic mass is 32.2. The van der Waals surface area contributed by atoms with Crippen LogP contribution in [0.25, 0.3) is 0 Å². The van der Waals surface area contributed by atoms with Gasteiger partial charge in [0.15, 0.2) is 0 Å². The van der Waals surface area contributed by atoms with Crippen LogP contribution in [-0.2, 0) is 10.2 Å². The zero-order valence-electron chi connectivity index (χ0n) is 18.5. The lowest BCUT2D eigenvalue weighted by Gasteiger charge is -2.30. The van der Waals surface area contributed by atoms with Crippen molar-refractivity contribution in [3.05, 3.63) is 71.3 Å². The van der Waals surface area contributed by atoms with Crippen LogP contribution in [0.4, 0.5) is 0 Å². The molecule has 0 aromatic heterocycles. The molecule has 1 aliphatic rings. The van der Waals surface area contributed by atoms with Gasteiger partial charge in [-0.3, -0.25) is 9.59 Å². The summed E-state index contributed by atoms with van der Waals surface area (Å²) in [6, 6.07) is 17.4. The minimum absolute atomic E-state index is 0.0242. The first-order valence-corrected chi connectivity index (χ1v) is 11.7. The second-order valence-electron chi connectivity index (χ2n) is 8.97. The van der Waals surface area contributed by atoms with Crippen molar-refractivity contribution >= 4 is 23.6 Å². The number of rotatable bonds is 5. The summed E-state index contributed by atoms with van der Waals surface area (Å²) in [5, 5.41) is 2.89. The molecule has 1 saturated heterocycles. The number of carbonyl (C=O) groups is 2. The molecular formula is C25H32N2O2S. The van der Waals surface area contributed by atoms with Crippen LogP contribution in [-0.4, -0.2) is 34.6 Å². The summed E-state index contributed by atoms with van der Waals surface area (Å²) >= 11 is 1.65. The number of amides is 2. The number of benzene rings is 2. The molecule has 5 heteroatoms. The maximum atomic E-state index is 13.6. The number of thioether (sulfide) groups is 1. The van der Waals surface area contributed by atoms with Gasteiger partial charge < -0.3 is 10.2 Å². The van der Waals surface area contributed by atoms with Gasteiger partial charge in [-0.2, -0.15) is 0 Å². The van der Waals surface area contributed by atoms with E-state index >= 15 is 0 Å². The minimum atomic E-state index is -0.482. The molecular weight excluding hydrogens is 392 g/mol. The van der Waals surface area contributed by atoms with E-state index < -0.39 is 6.04 Å². The summed E-state index contributed by atoms with van der Waals surface area (Å²) in [5.74, 6) is 0.418. The van der Waals surface area contributed by atoms with Crippen molar-refractivity contribution in [1.82, 2.24) is 10.2 Å². The Balaban J connectivity index is 1.93. The molecule has 1 fully saturated rings. The fourth-order valence-corrected chi connectivity index (χ4v) is 4.96. The van der Waals surface area contributed by atoms with Crippen LogP contribution < -0.4 is 5.32 Å². The SMILES string of the molecule is CCC(C)NC(=O)C1CSC(c2ccccc2)N1C(=O)c1ccc(C(C)(C)C)cc1. The second-order valence-corrected chi connectivity index (χ2v) is 10.1. The molecule has 0 saturated carbocycles. The molecule has 4 nitrogen and oxygen atoms in total. The molecule has 30 heavy (non-hydrogen) atoms. The molecule has 3 unspecified atom stereocenters. The summed E-state index contributed by atoms with van der Waals surface area (Å²) in [6.07, 6.45) is 0.857. The van der Waals surface area contributed by atoms with Crippen molar-refractivity contribution in [2.45, 2.75) is 63.9 Å². The lowest BCUT2D eigenvalue weighted by Crippen LogP contribution is -2.49. The van der Waals surface area contributed by atoms with Crippen LogP contribution in [0.1, 0.15) is 67.9 Å². The van der Waals surface area contributed by atoms with Crippen LogP contribution in [0.5, 0.6) is 0 Å². The van der Waals surface area contributed by atoms with Gasteiger partial charge >= 0.3 is 0 Å². The van der Waals surface area contributed by atoms with E-state index in [2.05, 4.69) is 26.1 Å². The van der Waals surface area contributed by atoms with Crippen molar-refractivity contribution in [3.8, 4) is 0 Å². The first-order chi connectivity index (χ1) is 14.2. The minimum Gasteiger partial charge on any atom is -0.352 e. The summed E-state index contributed by atoms with van der Waals surface area (Å²) in [5.41, 5.74) is 2.87. The highest BCUT2D eigenvalue weighted by Crippen LogP contribution is 2.42. The van der Waals surface area contributed by atoms with Crippen LogP contribution >= 0.6 is 11.8 Å². The summed E-state index contributed by atoms with van der Waals surface area (Å²) in [4.78, 5) is 28.4.